The largest absolute Gasteiger partial charge is 0.329 e. The van der Waals surface area contributed by atoms with Gasteiger partial charge in [-0.1, -0.05) is 39.8 Å². The monoisotopic (exact) mass is 328 g/mol. The van der Waals surface area contributed by atoms with Gasteiger partial charge in [-0.3, -0.25) is 0 Å². The van der Waals surface area contributed by atoms with Gasteiger partial charge in [-0.15, -0.1) is 11.3 Å². The molecule has 1 aromatic carbocycles. The molecular formula is C12H13BrN2S2. The lowest BCUT2D eigenvalue weighted by Crippen LogP contribution is -2.09. The van der Waals surface area contributed by atoms with E-state index in [1.165, 1.54) is 5.56 Å². The first kappa shape index (κ1) is 13.1. The number of aryl methyl sites for hydroxylation is 1. The Morgan fingerprint density at radius 3 is 2.94 bits per heavy atom. The van der Waals surface area contributed by atoms with Gasteiger partial charge in [0.2, 0.25) is 0 Å². The van der Waals surface area contributed by atoms with Crippen molar-refractivity contribution < 1.29 is 0 Å². The number of rotatable bonds is 4. The van der Waals surface area contributed by atoms with Gasteiger partial charge >= 0.3 is 0 Å². The number of aromatic nitrogens is 1. The predicted octanol–water partition coefficient (Wildman–Crippen LogP) is 4.01. The molecule has 2 rings (SSSR count). The lowest BCUT2D eigenvalue weighted by Gasteiger charge is -2.13. The van der Waals surface area contributed by atoms with Gasteiger partial charge in [0.15, 0.2) is 4.34 Å². The molecule has 2 nitrogen and oxygen atoms in total. The summed E-state index contributed by atoms with van der Waals surface area (Å²) in [4.78, 5) is 4.46. The molecule has 0 saturated carbocycles. The zero-order valence-corrected chi connectivity index (χ0v) is 12.6. The second kappa shape index (κ2) is 6.00. The minimum absolute atomic E-state index is 0.262. The van der Waals surface area contributed by atoms with Gasteiger partial charge in [0.25, 0.3) is 0 Å². The number of benzene rings is 1. The van der Waals surface area contributed by atoms with Crippen molar-refractivity contribution >= 4 is 39.0 Å². The summed E-state index contributed by atoms with van der Waals surface area (Å²) in [7, 11) is 0. The fourth-order valence-corrected chi connectivity index (χ4v) is 3.94. The summed E-state index contributed by atoms with van der Waals surface area (Å²) in [6.45, 7) is 2.62. The van der Waals surface area contributed by atoms with E-state index >= 15 is 0 Å². The predicted molar refractivity (Wildman–Crippen MR) is 78.6 cm³/mol. The van der Waals surface area contributed by atoms with Crippen molar-refractivity contribution in [1.82, 2.24) is 4.98 Å². The molecule has 1 heterocycles. The highest BCUT2D eigenvalue weighted by molar-refractivity contribution is 9.10. The average molecular weight is 329 g/mol. The molecule has 1 unspecified atom stereocenters. The van der Waals surface area contributed by atoms with Crippen LogP contribution < -0.4 is 5.73 Å². The molecule has 0 aliphatic rings. The van der Waals surface area contributed by atoms with E-state index in [2.05, 4.69) is 38.4 Å². The number of thioether (sulfide) groups is 1. The molecule has 1 aromatic heterocycles. The number of halogens is 1. The zero-order valence-electron chi connectivity index (χ0n) is 9.39. The highest BCUT2D eigenvalue weighted by Crippen LogP contribution is 2.36. The van der Waals surface area contributed by atoms with Gasteiger partial charge in [0.05, 0.1) is 0 Å². The van der Waals surface area contributed by atoms with Crippen molar-refractivity contribution in [3.8, 4) is 0 Å². The topological polar surface area (TPSA) is 38.9 Å². The van der Waals surface area contributed by atoms with Crippen LogP contribution in [0.4, 0.5) is 0 Å². The Labute approximate surface area is 118 Å². The summed E-state index contributed by atoms with van der Waals surface area (Å²) in [6, 6.07) is 8.28. The third-order valence-electron chi connectivity index (χ3n) is 2.28. The molecule has 2 N–H and O–H groups in total. The SMILES string of the molecule is Cc1csc(SC(CN)c2cccc(Br)c2)n1. The Kier molecular flexibility index (Phi) is 4.62. The molecule has 0 radical (unpaired) electrons. The number of hydrogen-bond acceptors (Lipinski definition) is 4. The minimum atomic E-state index is 0.262. The van der Waals surface area contributed by atoms with Crippen LogP contribution in [0.15, 0.2) is 38.5 Å². The van der Waals surface area contributed by atoms with E-state index in [9.17, 15) is 0 Å². The summed E-state index contributed by atoms with van der Waals surface area (Å²) in [6.07, 6.45) is 0. The van der Waals surface area contributed by atoms with E-state index in [4.69, 9.17) is 5.73 Å². The minimum Gasteiger partial charge on any atom is -0.329 e. The Balaban J connectivity index is 2.16. The van der Waals surface area contributed by atoms with Gasteiger partial charge < -0.3 is 5.73 Å². The van der Waals surface area contributed by atoms with E-state index in [-0.39, 0.29) is 5.25 Å². The summed E-state index contributed by atoms with van der Waals surface area (Å²) in [5.74, 6) is 0. The molecule has 2 aromatic rings. The first-order valence-corrected chi connectivity index (χ1v) is 7.78. The third-order valence-corrected chi connectivity index (χ3v) is 5.14. The van der Waals surface area contributed by atoms with Crippen LogP contribution in [0.3, 0.4) is 0 Å². The molecule has 90 valence electrons. The van der Waals surface area contributed by atoms with Crippen molar-refractivity contribution in [2.75, 3.05) is 6.54 Å². The zero-order chi connectivity index (χ0) is 12.3. The molecule has 0 fully saturated rings. The quantitative estimate of drug-likeness (QED) is 0.862. The van der Waals surface area contributed by atoms with E-state index in [0.717, 1.165) is 14.5 Å². The Hall–Kier alpha value is -0.360. The van der Waals surface area contributed by atoms with Gasteiger partial charge in [-0.05, 0) is 24.6 Å². The van der Waals surface area contributed by atoms with Crippen molar-refractivity contribution in [3.63, 3.8) is 0 Å². The van der Waals surface area contributed by atoms with E-state index in [1.54, 1.807) is 23.1 Å². The second-order valence-corrected chi connectivity index (χ2v) is 6.88. The van der Waals surface area contributed by atoms with Crippen molar-refractivity contribution in [1.29, 1.82) is 0 Å². The molecule has 1 atom stereocenters. The van der Waals surface area contributed by atoms with Crippen LogP contribution in [0.25, 0.3) is 0 Å². The number of thiazole rings is 1. The molecule has 0 bridgehead atoms. The molecule has 0 aliphatic heterocycles. The van der Waals surface area contributed by atoms with Crippen LogP contribution in [0.5, 0.6) is 0 Å². The Morgan fingerprint density at radius 2 is 2.35 bits per heavy atom. The molecular weight excluding hydrogens is 316 g/mol. The Bertz CT molecular complexity index is 499. The van der Waals surface area contributed by atoms with Gasteiger partial charge in [-0.25, -0.2) is 4.98 Å². The molecule has 0 aliphatic carbocycles. The maximum atomic E-state index is 5.85. The maximum absolute atomic E-state index is 5.85. The number of nitrogens with zero attached hydrogens (tertiary/aromatic N) is 1. The highest BCUT2D eigenvalue weighted by atomic mass is 79.9. The standard InChI is InChI=1S/C12H13BrN2S2/c1-8-7-16-12(15-8)17-11(6-14)9-3-2-4-10(13)5-9/h2-5,7,11H,6,14H2,1H3. The molecule has 0 saturated heterocycles. The lowest BCUT2D eigenvalue weighted by molar-refractivity contribution is 0.937. The highest BCUT2D eigenvalue weighted by Gasteiger charge is 2.13. The smallest absolute Gasteiger partial charge is 0.150 e. The molecule has 0 spiro atoms. The molecule has 0 amide bonds. The van der Waals surface area contributed by atoms with Gasteiger partial charge in [0.1, 0.15) is 0 Å². The average Bonchev–Trinajstić information content (AvgIpc) is 2.72. The molecule has 17 heavy (non-hydrogen) atoms. The van der Waals surface area contributed by atoms with Crippen LogP contribution in [-0.4, -0.2) is 11.5 Å². The van der Waals surface area contributed by atoms with Gasteiger partial charge in [-0.2, -0.15) is 0 Å². The first-order valence-electron chi connectivity index (χ1n) is 5.23. The van der Waals surface area contributed by atoms with Crippen LogP contribution in [-0.2, 0) is 0 Å². The van der Waals surface area contributed by atoms with Crippen molar-refractivity contribution in [3.05, 3.63) is 45.4 Å². The van der Waals surface area contributed by atoms with E-state index < -0.39 is 0 Å². The summed E-state index contributed by atoms with van der Waals surface area (Å²) in [5, 5.41) is 2.33. The fraction of sp³-hybridized carbons (Fsp3) is 0.250. The number of nitrogens with two attached hydrogens (primary N) is 1. The summed E-state index contributed by atoms with van der Waals surface area (Å²) >= 11 is 6.90. The summed E-state index contributed by atoms with van der Waals surface area (Å²) < 4.78 is 2.17. The lowest BCUT2D eigenvalue weighted by atomic mass is 10.1. The van der Waals surface area contributed by atoms with E-state index in [1.807, 2.05) is 19.1 Å². The summed E-state index contributed by atoms with van der Waals surface area (Å²) in [5.41, 5.74) is 8.16. The van der Waals surface area contributed by atoms with E-state index in [0.29, 0.717) is 6.54 Å². The normalized spacial score (nSPS) is 12.6. The van der Waals surface area contributed by atoms with Crippen LogP contribution >= 0.6 is 39.0 Å². The van der Waals surface area contributed by atoms with Crippen LogP contribution in [0.2, 0.25) is 0 Å². The first-order chi connectivity index (χ1) is 8.19. The number of hydrogen-bond donors (Lipinski definition) is 1. The molecule has 5 heteroatoms. The van der Waals surface area contributed by atoms with Crippen molar-refractivity contribution in [2.45, 2.75) is 16.5 Å². The van der Waals surface area contributed by atoms with Crippen molar-refractivity contribution in [2.24, 2.45) is 5.73 Å². The van der Waals surface area contributed by atoms with Gasteiger partial charge in [0, 0.05) is 27.3 Å². The maximum Gasteiger partial charge on any atom is 0.150 e. The van der Waals surface area contributed by atoms with Crippen LogP contribution in [0, 0.1) is 6.92 Å². The van der Waals surface area contributed by atoms with Crippen LogP contribution in [0.1, 0.15) is 16.5 Å². The second-order valence-electron chi connectivity index (χ2n) is 3.65. The third kappa shape index (κ3) is 3.55. The Morgan fingerprint density at radius 1 is 1.53 bits per heavy atom. The fourth-order valence-electron chi connectivity index (χ4n) is 1.47.